The van der Waals surface area contributed by atoms with E-state index in [1.165, 1.54) is 33.3 Å². The van der Waals surface area contributed by atoms with Crippen molar-refractivity contribution in [2.75, 3.05) is 30.1 Å². The third-order valence-corrected chi connectivity index (χ3v) is 5.08. The number of rotatable bonds is 7. The molecule has 2 aromatic rings. The first kappa shape index (κ1) is 20.5. The van der Waals surface area contributed by atoms with Crippen LogP contribution >= 0.6 is 0 Å². The number of sulfonamides is 1. The Morgan fingerprint density at radius 3 is 2.26 bits per heavy atom. The number of hydrogen-bond donors (Lipinski definition) is 1. The monoisotopic (exact) mass is 396 g/mol. The first-order valence-electron chi connectivity index (χ1n) is 7.95. The van der Waals surface area contributed by atoms with Gasteiger partial charge in [0.2, 0.25) is 15.9 Å². The molecule has 0 heterocycles. The minimum absolute atomic E-state index is 0.184. The second kappa shape index (κ2) is 8.26. The lowest BCUT2D eigenvalue weighted by Gasteiger charge is -2.28. The van der Waals surface area contributed by atoms with E-state index in [1.807, 2.05) is 0 Å². The molecule has 0 unspecified atom stereocenters. The summed E-state index contributed by atoms with van der Waals surface area (Å²) in [6, 6.07) is 8.59. The maximum absolute atomic E-state index is 13.2. The summed E-state index contributed by atoms with van der Waals surface area (Å²) >= 11 is 0. The molecule has 0 aromatic heterocycles. The van der Waals surface area contributed by atoms with Gasteiger partial charge in [0.05, 0.1) is 31.9 Å². The molecule has 7 nitrogen and oxygen atoms in total. The van der Waals surface area contributed by atoms with Crippen LogP contribution in [0.3, 0.4) is 0 Å². The van der Waals surface area contributed by atoms with Crippen molar-refractivity contribution in [3.8, 4) is 11.5 Å². The number of hydrogen-bond acceptors (Lipinski definition) is 5. The Kier molecular flexibility index (Phi) is 6.27. The molecule has 1 atom stereocenters. The zero-order chi connectivity index (χ0) is 20.2. The normalized spacial score (nSPS) is 12.2. The molecule has 0 aliphatic carbocycles. The highest BCUT2D eigenvalue weighted by Gasteiger charge is 2.29. The Hall–Kier alpha value is -2.81. The second-order valence-corrected chi connectivity index (χ2v) is 7.63. The summed E-state index contributed by atoms with van der Waals surface area (Å²) in [5.74, 6) is -0.176. The number of carbonyl (C=O) groups is 1. The largest absolute Gasteiger partial charge is 0.497 e. The second-order valence-electron chi connectivity index (χ2n) is 5.77. The van der Waals surface area contributed by atoms with Crippen molar-refractivity contribution >= 4 is 27.3 Å². The minimum Gasteiger partial charge on any atom is -0.497 e. The smallest absolute Gasteiger partial charge is 0.248 e. The molecule has 146 valence electrons. The van der Waals surface area contributed by atoms with Crippen LogP contribution < -0.4 is 19.1 Å². The molecule has 2 aromatic carbocycles. The Balaban J connectivity index is 2.32. The number of nitrogens with zero attached hydrogens (tertiary/aromatic N) is 1. The standard InChI is InChI=1S/C18H21FN2O5S/c1-12(21(27(4,23)24)14-7-5-13(19)6-8-14)18(22)20-16-10-9-15(25-2)11-17(16)26-3/h5-12H,1-4H3,(H,20,22)/t12-/m0/s1. The van der Waals surface area contributed by atoms with Crippen LogP contribution in [0.1, 0.15) is 6.92 Å². The van der Waals surface area contributed by atoms with Crippen LogP contribution in [0, 0.1) is 5.82 Å². The highest BCUT2D eigenvalue weighted by Crippen LogP contribution is 2.30. The zero-order valence-corrected chi connectivity index (χ0v) is 16.2. The van der Waals surface area contributed by atoms with Gasteiger partial charge in [0.15, 0.2) is 0 Å². The molecule has 0 aliphatic rings. The van der Waals surface area contributed by atoms with Gasteiger partial charge in [-0.15, -0.1) is 0 Å². The Morgan fingerprint density at radius 2 is 1.74 bits per heavy atom. The SMILES string of the molecule is COc1ccc(NC(=O)[C@H](C)N(c2ccc(F)cc2)S(C)(=O)=O)c(OC)c1. The fourth-order valence-electron chi connectivity index (χ4n) is 2.54. The van der Waals surface area contributed by atoms with E-state index >= 15 is 0 Å². The van der Waals surface area contributed by atoms with Crippen molar-refractivity contribution in [1.29, 1.82) is 0 Å². The molecular formula is C18H21FN2O5S. The van der Waals surface area contributed by atoms with E-state index in [2.05, 4.69) is 5.32 Å². The van der Waals surface area contributed by atoms with E-state index in [-0.39, 0.29) is 5.69 Å². The summed E-state index contributed by atoms with van der Waals surface area (Å²) in [6.07, 6.45) is 0.980. The summed E-state index contributed by atoms with van der Waals surface area (Å²) in [7, 11) is -0.853. The molecule has 0 bridgehead atoms. The van der Waals surface area contributed by atoms with E-state index in [4.69, 9.17) is 9.47 Å². The fraction of sp³-hybridized carbons (Fsp3) is 0.278. The van der Waals surface area contributed by atoms with Crippen LogP contribution in [0.2, 0.25) is 0 Å². The molecule has 1 N–H and O–H groups in total. The number of nitrogens with one attached hydrogen (secondary N) is 1. The van der Waals surface area contributed by atoms with E-state index < -0.39 is 27.8 Å². The number of anilines is 2. The first-order chi connectivity index (χ1) is 12.7. The molecule has 9 heteroatoms. The van der Waals surface area contributed by atoms with Gasteiger partial charge in [0.1, 0.15) is 23.4 Å². The Labute approximate surface area is 157 Å². The third-order valence-electron chi connectivity index (χ3n) is 3.84. The van der Waals surface area contributed by atoms with Crippen LogP contribution in [0.25, 0.3) is 0 Å². The molecule has 27 heavy (non-hydrogen) atoms. The van der Waals surface area contributed by atoms with Crippen LogP contribution in [0.15, 0.2) is 42.5 Å². The van der Waals surface area contributed by atoms with Gasteiger partial charge in [0, 0.05) is 6.07 Å². The summed E-state index contributed by atoms with van der Waals surface area (Å²) in [6.45, 7) is 1.44. The number of carbonyl (C=O) groups excluding carboxylic acids is 1. The van der Waals surface area contributed by atoms with Gasteiger partial charge >= 0.3 is 0 Å². The highest BCUT2D eigenvalue weighted by atomic mass is 32.2. The summed E-state index contributed by atoms with van der Waals surface area (Å²) in [5.41, 5.74) is 0.547. The molecule has 0 saturated heterocycles. The maximum Gasteiger partial charge on any atom is 0.248 e. The lowest BCUT2D eigenvalue weighted by Crippen LogP contribution is -2.45. The van der Waals surface area contributed by atoms with Crippen molar-refractivity contribution < 1.29 is 27.1 Å². The van der Waals surface area contributed by atoms with E-state index in [0.717, 1.165) is 22.7 Å². The van der Waals surface area contributed by atoms with Crippen LogP contribution in [-0.2, 0) is 14.8 Å². The maximum atomic E-state index is 13.2. The topological polar surface area (TPSA) is 84.9 Å². The average Bonchev–Trinajstić information content (AvgIpc) is 2.62. The van der Waals surface area contributed by atoms with Crippen molar-refractivity contribution in [2.45, 2.75) is 13.0 Å². The van der Waals surface area contributed by atoms with Gasteiger partial charge in [-0.1, -0.05) is 0 Å². The van der Waals surface area contributed by atoms with Gasteiger partial charge < -0.3 is 14.8 Å². The van der Waals surface area contributed by atoms with Gasteiger partial charge in [-0.2, -0.15) is 0 Å². The molecule has 2 rings (SSSR count). The molecular weight excluding hydrogens is 375 g/mol. The minimum atomic E-state index is -3.79. The quantitative estimate of drug-likeness (QED) is 0.778. The van der Waals surface area contributed by atoms with E-state index in [1.54, 1.807) is 18.2 Å². The van der Waals surface area contributed by atoms with Crippen molar-refractivity contribution in [1.82, 2.24) is 0 Å². The lowest BCUT2D eigenvalue weighted by molar-refractivity contribution is -0.116. The van der Waals surface area contributed by atoms with Crippen LogP contribution in [0.4, 0.5) is 15.8 Å². The predicted octanol–water partition coefficient (Wildman–Crippen LogP) is 2.64. The Bertz CT molecular complexity index is 916. The molecule has 0 spiro atoms. The molecule has 1 amide bonds. The first-order valence-corrected chi connectivity index (χ1v) is 9.80. The highest BCUT2D eigenvalue weighted by molar-refractivity contribution is 7.92. The molecule has 0 radical (unpaired) electrons. The summed E-state index contributed by atoms with van der Waals surface area (Å²) in [4.78, 5) is 12.7. The Morgan fingerprint density at radius 1 is 1.11 bits per heavy atom. The average molecular weight is 396 g/mol. The van der Waals surface area contributed by atoms with E-state index in [0.29, 0.717) is 17.2 Å². The van der Waals surface area contributed by atoms with Crippen molar-refractivity contribution in [2.24, 2.45) is 0 Å². The van der Waals surface area contributed by atoms with Crippen LogP contribution in [0.5, 0.6) is 11.5 Å². The molecule has 0 aliphatic heterocycles. The van der Waals surface area contributed by atoms with Crippen molar-refractivity contribution in [3.63, 3.8) is 0 Å². The predicted molar refractivity (Wildman–Crippen MR) is 101 cm³/mol. The molecule has 0 fully saturated rings. The van der Waals surface area contributed by atoms with Gasteiger partial charge in [-0.05, 0) is 43.3 Å². The summed E-state index contributed by atoms with van der Waals surface area (Å²) < 4.78 is 48.9. The third kappa shape index (κ3) is 4.88. The number of amides is 1. The van der Waals surface area contributed by atoms with Crippen LogP contribution in [-0.4, -0.2) is 40.8 Å². The number of halogens is 1. The van der Waals surface area contributed by atoms with Gasteiger partial charge in [-0.25, -0.2) is 12.8 Å². The van der Waals surface area contributed by atoms with Gasteiger partial charge in [0.25, 0.3) is 0 Å². The number of methoxy groups -OCH3 is 2. The van der Waals surface area contributed by atoms with Crippen molar-refractivity contribution in [3.05, 3.63) is 48.3 Å². The lowest BCUT2D eigenvalue weighted by atomic mass is 10.2. The summed E-state index contributed by atoms with van der Waals surface area (Å²) in [5, 5.41) is 2.65. The van der Waals surface area contributed by atoms with E-state index in [9.17, 15) is 17.6 Å². The fourth-order valence-corrected chi connectivity index (χ4v) is 3.71. The molecule has 0 saturated carbocycles. The number of benzene rings is 2. The van der Waals surface area contributed by atoms with Gasteiger partial charge in [-0.3, -0.25) is 9.10 Å². The zero-order valence-electron chi connectivity index (χ0n) is 15.4. The number of ether oxygens (including phenoxy) is 2.